The van der Waals surface area contributed by atoms with Crippen molar-refractivity contribution in [2.45, 2.75) is 39.7 Å². The maximum absolute atomic E-state index is 13.3. The third-order valence-corrected chi connectivity index (χ3v) is 7.71. The van der Waals surface area contributed by atoms with Crippen molar-refractivity contribution in [1.82, 2.24) is 4.31 Å². The number of nitrogens with zero attached hydrogens (tertiary/aromatic N) is 1. The van der Waals surface area contributed by atoms with Gasteiger partial charge in [0.15, 0.2) is 6.61 Å². The molecule has 8 heteroatoms. The van der Waals surface area contributed by atoms with E-state index in [4.69, 9.17) is 4.74 Å². The third-order valence-electron chi connectivity index (χ3n) is 6.02. The van der Waals surface area contributed by atoms with Gasteiger partial charge in [0.1, 0.15) is 5.75 Å². The topological polar surface area (TPSA) is 90.0 Å². The summed E-state index contributed by atoms with van der Waals surface area (Å²) in [4.78, 5) is 24.5. The molecule has 0 aromatic heterocycles. The Morgan fingerprint density at radius 1 is 0.821 bits per heavy atom. The van der Waals surface area contributed by atoms with Gasteiger partial charge in [0.05, 0.1) is 19.4 Å². The maximum Gasteiger partial charge on any atom is 0.343 e. The van der Waals surface area contributed by atoms with Crippen LogP contribution in [-0.2, 0) is 32.5 Å². The van der Waals surface area contributed by atoms with Crippen molar-refractivity contribution in [2.75, 3.05) is 19.5 Å². The van der Waals surface area contributed by atoms with E-state index in [-0.39, 0.29) is 24.5 Å². The normalized spacial score (nSPS) is 10.7. The van der Waals surface area contributed by atoms with Gasteiger partial charge in [0, 0.05) is 16.7 Å². The largest absolute Gasteiger partial charge is 0.482 e. The van der Waals surface area contributed by atoms with Crippen molar-refractivity contribution in [3.05, 3.63) is 101 Å². The summed E-state index contributed by atoms with van der Waals surface area (Å²) in [6, 6.07) is 21.3. The zero-order chi connectivity index (χ0) is 28.3. The lowest BCUT2D eigenvalue weighted by Gasteiger charge is -2.22. The molecular weight excluding hydrogens is 514 g/mol. The highest BCUT2D eigenvalue weighted by atomic mass is 32.2. The fourth-order valence-corrected chi connectivity index (χ4v) is 4.65. The minimum Gasteiger partial charge on any atom is -0.482 e. The molecule has 3 aromatic carbocycles. The van der Waals surface area contributed by atoms with Gasteiger partial charge in [-0.1, -0.05) is 49.5 Å². The van der Waals surface area contributed by atoms with E-state index in [1.165, 1.54) is 19.6 Å². The number of ether oxygens (including phenoxy) is 2. The van der Waals surface area contributed by atoms with Crippen molar-refractivity contribution in [3.63, 3.8) is 0 Å². The first-order valence-electron chi connectivity index (χ1n) is 12.8. The quantitative estimate of drug-likeness (QED) is 0.249. The van der Waals surface area contributed by atoms with E-state index in [2.05, 4.69) is 35.6 Å². The van der Waals surface area contributed by atoms with E-state index in [9.17, 15) is 18.0 Å². The third kappa shape index (κ3) is 8.72. The molecule has 0 saturated heterocycles. The Morgan fingerprint density at radius 2 is 1.38 bits per heavy atom. The van der Waals surface area contributed by atoms with Crippen LogP contribution in [0.4, 0.5) is 0 Å². The van der Waals surface area contributed by atoms with E-state index in [1.807, 2.05) is 12.1 Å². The average Bonchev–Trinajstić information content (AvgIpc) is 2.97. The number of carbonyl (C=O) groups is 2. The molecule has 39 heavy (non-hydrogen) atoms. The van der Waals surface area contributed by atoms with Gasteiger partial charge in [0.25, 0.3) is 5.91 Å². The smallest absolute Gasteiger partial charge is 0.343 e. The van der Waals surface area contributed by atoms with Gasteiger partial charge < -0.3 is 9.47 Å². The molecule has 0 fully saturated rings. The van der Waals surface area contributed by atoms with Crippen LogP contribution in [0.25, 0.3) is 0 Å². The molecule has 0 saturated carbocycles. The summed E-state index contributed by atoms with van der Waals surface area (Å²) in [7, 11) is -2.58. The fourth-order valence-electron chi connectivity index (χ4n) is 3.63. The second kappa shape index (κ2) is 14.2. The molecule has 0 aliphatic rings. The first-order chi connectivity index (χ1) is 18.7. The summed E-state index contributed by atoms with van der Waals surface area (Å²) in [5, 5.41) is 0. The molecule has 7 nitrogen and oxygen atoms in total. The van der Waals surface area contributed by atoms with Crippen molar-refractivity contribution >= 4 is 21.9 Å². The number of sulfonamides is 1. The number of amides is 1. The van der Waals surface area contributed by atoms with Crippen LogP contribution < -0.4 is 4.74 Å². The molecule has 0 radical (unpaired) electrons. The molecule has 0 atom stereocenters. The maximum atomic E-state index is 13.3. The van der Waals surface area contributed by atoms with E-state index < -0.39 is 21.9 Å². The molecule has 0 aliphatic carbocycles. The van der Waals surface area contributed by atoms with Gasteiger partial charge in [0.2, 0.25) is 10.0 Å². The molecule has 0 unspecified atom stereocenters. The standard InChI is InChI=1S/C31H33NO6S/c1-4-6-7-24-8-10-25(11-9-24)12-13-26-14-18-28(19-15-26)31(34)32(39(35,36)5-2)22-27-16-20-29(21-17-27)38-23-30(33)37-3/h8-11,14-21H,4-7,22-23H2,1-3H3. The Hall–Kier alpha value is -4.09. The first-order valence-corrected chi connectivity index (χ1v) is 14.4. The average molecular weight is 548 g/mol. The van der Waals surface area contributed by atoms with Crippen molar-refractivity contribution in [2.24, 2.45) is 0 Å². The van der Waals surface area contributed by atoms with Crippen LogP contribution in [0.2, 0.25) is 0 Å². The van der Waals surface area contributed by atoms with Crippen LogP contribution in [0.1, 0.15) is 59.3 Å². The van der Waals surface area contributed by atoms with Crippen LogP contribution in [-0.4, -0.2) is 44.1 Å². The predicted molar refractivity (Wildman–Crippen MR) is 151 cm³/mol. The molecule has 0 bridgehead atoms. The lowest BCUT2D eigenvalue weighted by atomic mass is 10.1. The van der Waals surface area contributed by atoms with Crippen molar-refractivity contribution < 1.29 is 27.5 Å². The van der Waals surface area contributed by atoms with Crippen LogP contribution in [0.15, 0.2) is 72.8 Å². The highest BCUT2D eigenvalue weighted by molar-refractivity contribution is 7.89. The molecule has 3 aromatic rings. The van der Waals surface area contributed by atoms with Crippen molar-refractivity contribution in [3.8, 4) is 17.6 Å². The second-order valence-electron chi connectivity index (χ2n) is 8.85. The number of esters is 1. The van der Waals surface area contributed by atoms with E-state index >= 15 is 0 Å². The zero-order valence-corrected chi connectivity index (χ0v) is 23.3. The Balaban J connectivity index is 1.71. The monoisotopic (exact) mass is 547 g/mol. The Morgan fingerprint density at radius 3 is 1.92 bits per heavy atom. The van der Waals surface area contributed by atoms with Crippen molar-refractivity contribution in [1.29, 1.82) is 0 Å². The number of hydrogen-bond donors (Lipinski definition) is 0. The number of rotatable bonds is 11. The number of unbranched alkanes of at least 4 members (excludes halogenated alkanes) is 1. The van der Waals surface area contributed by atoms with Gasteiger partial charge in [-0.15, -0.1) is 0 Å². The molecule has 204 valence electrons. The van der Waals surface area contributed by atoms with Crippen LogP contribution in [0, 0.1) is 11.8 Å². The number of carbonyl (C=O) groups excluding carboxylic acids is 2. The zero-order valence-electron chi connectivity index (χ0n) is 22.5. The van der Waals surface area contributed by atoms with Gasteiger partial charge in [-0.25, -0.2) is 17.5 Å². The van der Waals surface area contributed by atoms with E-state index in [1.54, 1.807) is 48.5 Å². The molecule has 1 amide bonds. The summed E-state index contributed by atoms with van der Waals surface area (Å²) < 4.78 is 36.4. The summed E-state index contributed by atoms with van der Waals surface area (Å²) >= 11 is 0. The molecule has 0 N–H and O–H groups in total. The summed E-state index contributed by atoms with van der Waals surface area (Å²) in [6.45, 7) is 3.29. The summed E-state index contributed by atoms with van der Waals surface area (Å²) in [5.74, 6) is 5.28. The lowest BCUT2D eigenvalue weighted by molar-refractivity contribution is -0.142. The van der Waals surface area contributed by atoms with E-state index in [0.29, 0.717) is 16.9 Å². The van der Waals surface area contributed by atoms with Gasteiger partial charge >= 0.3 is 5.97 Å². The molecule has 3 rings (SSSR count). The van der Waals surface area contributed by atoms with Crippen LogP contribution >= 0.6 is 0 Å². The Labute approximate surface area is 230 Å². The minimum atomic E-state index is -3.84. The highest BCUT2D eigenvalue weighted by Crippen LogP contribution is 2.19. The summed E-state index contributed by atoms with van der Waals surface area (Å²) in [6.07, 6.45) is 3.37. The van der Waals surface area contributed by atoms with Gasteiger partial charge in [-0.2, -0.15) is 0 Å². The predicted octanol–water partition coefficient (Wildman–Crippen LogP) is 4.97. The molecule has 0 spiro atoms. The van der Waals surface area contributed by atoms with Crippen LogP contribution in [0.5, 0.6) is 5.75 Å². The molecule has 0 aliphatic heterocycles. The van der Waals surface area contributed by atoms with Crippen LogP contribution in [0.3, 0.4) is 0 Å². The Bertz CT molecular complexity index is 1420. The Kier molecular flexibility index (Phi) is 10.7. The highest BCUT2D eigenvalue weighted by Gasteiger charge is 2.27. The summed E-state index contributed by atoms with van der Waals surface area (Å²) in [5.41, 5.74) is 3.75. The number of methoxy groups -OCH3 is 1. The van der Waals surface area contributed by atoms with E-state index in [0.717, 1.165) is 29.1 Å². The van der Waals surface area contributed by atoms with Gasteiger partial charge in [-0.05, 0) is 79.4 Å². The number of hydrogen-bond acceptors (Lipinski definition) is 6. The number of benzene rings is 3. The number of aryl methyl sites for hydroxylation is 1. The second-order valence-corrected chi connectivity index (χ2v) is 11.0. The first kappa shape index (κ1) is 29.5. The SMILES string of the molecule is CCCCc1ccc(C#Cc2ccc(C(=O)N(Cc3ccc(OCC(=O)OC)cc3)S(=O)(=O)CC)cc2)cc1. The van der Waals surface area contributed by atoms with Gasteiger partial charge in [-0.3, -0.25) is 4.79 Å². The lowest BCUT2D eigenvalue weighted by Crippen LogP contribution is -2.37. The minimum absolute atomic E-state index is 0.137. The molecular formula is C31H33NO6S. The fraction of sp³-hybridized carbons (Fsp3) is 0.290. The molecule has 0 heterocycles.